The molecule has 0 heterocycles. The molecule has 0 saturated heterocycles. The zero-order chi connectivity index (χ0) is 13.9. The maximum atomic E-state index is 11.9. The van der Waals surface area contributed by atoms with Gasteiger partial charge in [-0.2, -0.15) is 0 Å². The number of esters is 1. The maximum Gasteiger partial charge on any atom is 0.339 e. The molecule has 1 aromatic rings. The van der Waals surface area contributed by atoms with E-state index < -0.39 is 23.6 Å². The molecule has 0 aliphatic carbocycles. The van der Waals surface area contributed by atoms with Crippen molar-refractivity contribution in [3.8, 4) is 0 Å². The SMILES string of the molecule is CC(C)(C)OC(=O)c1ccccc1C(O)C(=O)O. The second-order valence-electron chi connectivity index (χ2n) is 4.83. The molecule has 1 atom stereocenters. The van der Waals surface area contributed by atoms with Gasteiger partial charge in [-0.1, -0.05) is 18.2 Å². The third-order valence-electron chi connectivity index (χ3n) is 2.11. The first-order chi connectivity index (χ1) is 8.22. The molecule has 1 aromatic carbocycles. The fourth-order valence-electron chi connectivity index (χ4n) is 1.39. The molecule has 0 bridgehead atoms. The Bertz CT molecular complexity index is 459. The molecule has 98 valence electrons. The van der Waals surface area contributed by atoms with Crippen LogP contribution in [0.5, 0.6) is 0 Å². The number of hydrogen-bond acceptors (Lipinski definition) is 4. The summed E-state index contributed by atoms with van der Waals surface area (Å²) in [5.41, 5.74) is -0.597. The molecule has 1 unspecified atom stereocenters. The Balaban J connectivity index is 3.10. The molecule has 5 nitrogen and oxygen atoms in total. The van der Waals surface area contributed by atoms with Crippen LogP contribution in [-0.2, 0) is 9.53 Å². The number of aliphatic hydroxyl groups is 1. The molecule has 0 aromatic heterocycles. The van der Waals surface area contributed by atoms with Crippen LogP contribution in [0.1, 0.15) is 42.8 Å². The van der Waals surface area contributed by atoms with Gasteiger partial charge in [0.05, 0.1) is 5.56 Å². The summed E-state index contributed by atoms with van der Waals surface area (Å²) in [5.74, 6) is -2.07. The minimum absolute atomic E-state index is 0.0271. The van der Waals surface area contributed by atoms with Crippen molar-refractivity contribution in [3.05, 3.63) is 35.4 Å². The van der Waals surface area contributed by atoms with E-state index in [9.17, 15) is 14.7 Å². The molecule has 0 fully saturated rings. The lowest BCUT2D eigenvalue weighted by Crippen LogP contribution is -2.25. The van der Waals surface area contributed by atoms with Crippen molar-refractivity contribution in [3.63, 3.8) is 0 Å². The van der Waals surface area contributed by atoms with Crippen LogP contribution in [0.2, 0.25) is 0 Å². The molecule has 0 spiro atoms. The number of hydrogen-bond donors (Lipinski definition) is 2. The molecule has 0 amide bonds. The van der Waals surface area contributed by atoms with E-state index in [0.29, 0.717) is 0 Å². The summed E-state index contributed by atoms with van der Waals surface area (Å²) in [6.45, 7) is 5.13. The normalized spacial score (nSPS) is 12.9. The Hall–Kier alpha value is -1.88. The summed E-state index contributed by atoms with van der Waals surface area (Å²) in [4.78, 5) is 22.6. The largest absolute Gasteiger partial charge is 0.479 e. The predicted molar refractivity (Wildman–Crippen MR) is 64.2 cm³/mol. The number of carbonyl (C=O) groups is 2. The van der Waals surface area contributed by atoms with E-state index in [4.69, 9.17) is 9.84 Å². The van der Waals surface area contributed by atoms with Crippen LogP contribution in [0.3, 0.4) is 0 Å². The number of carboxylic acids is 1. The van der Waals surface area contributed by atoms with Gasteiger partial charge in [0.1, 0.15) is 5.60 Å². The van der Waals surface area contributed by atoms with Crippen molar-refractivity contribution in [2.45, 2.75) is 32.5 Å². The van der Waals surface area contributed by atoms with Gasteiger partial charge in [0.25, 0.3) is 0 Å². The predicted octanol–water partition coefficient (Wildman–Crippen LogP) is 1.76. The second-order valence-corrected chi connectivity index (χ2v) is 4.83. The smallest absolute Gasteiger partial charge is 0.339 e. The first-order valence-corrected chi connectivity index (χ1v) is 5.45. The van der Waals surface area contributed by atoms with Gasteiger partial charge in [-0.3, -0.25) is 0 Å². The first kappa shape index (κ1) is 14.2. The summed E-state index contributed by atoms with van der Waals surface area (Å²) in [7, 11) is 0. The Kier molecular flexibility index (Phi) is 4.08. The molecule has 0 aliphatic heterocycles. The highest BCUT2D eigenvalue weighted by atomic mass is 16.6. The van der Waals surface area contributed by atoms with Gasteiger partial charge in [-0.25, -0.2) is 9.59 Å². The van der Waals surface area contributed by atoms with E-state index in [1.807, 2.05) is 0 Å². The van der Waals surface area contributed by atoms with Gasteiger partial charge in [0.2, 0.25) is 0 Å². The van der Waals surface area contributed by atoms with Crippen LogP contribution in [0.4, 0.5) is 0 Å². The average molecular weight is 252 g/mol. The van der Waals surface area contributed by atoms with Crippen molar-refractivity contribution in [1.82, 2.24) is 0 Å². The maximum absolute atomic E-state index is 11.9. The number of rotatable bonds is 3. The van der Waals surface area contributed by atoms with Gasteiger partial charge in [-0.05, 0) is 26.8 Å². The highest BCUT2D eigenvalue weighted by Crippen LogP contribution is 2.21. The van der Waals surface area contributed by atoms with Gasteiger partial charge < -0.3 is 14.9 Å². The summed E-state index contributed by atoms with van der Waals surface area (Å²) >= 11 is 0. The summed E-state index contributed by atoms with van der Waals surface area (Å²) in [5, 5.41) is 18.3. The molecule has 1 rings (SSSR count). The fraction of sp³-hybridized carbons (Fsp3) is 0.385. The second kappa shape index (κ2) is 5.18. The van der Waals surface area contributed by atoms with E-state index in [2.05, 4.69) is 0 Å². The van der Waals surface area contributed by atoms with Crippen LogP contribution >= 0.6 is 0 Å². The number of benzene rings is 1. The van der Waals surface area contributed by atoms with Crippen LogP contribution in [-0.4, -0.2) is 27.8 Å². The van der Waals surface area contributed by atoms with Gasteiger partial charge in [-0.15, -0.1) is 0 Å². The van der Waals surface area contributed by atoms with Crippen LogP contribution in [0.15, 0.2) is 24.3 Å². The molecular formula is C13H16O5. The minimum atomic E-state index is -1.74. The molecule has 0 radical (unpaired) electrons. The lowest BCUT2D eigenvalue weighted by molar-refractivity contribution is -0.146. The highest BCUT2D eigenvalue weighted by molar-refractivity contribution is 5.93. The first-order valence-electron chi connectivity index (χ1n) is 5.45. The molecule has 0 saturated carbocycles. The van der Waals surface area contributed by atoms with Gasteiger partial charge >= 0.3 is 11.9 Å². The van der Waals surface area contributed by atoms with Crippen LogP contribution < -0.4 is 0 Å². The lowest BCUT2D eigenvalue weighted by Gasteiger charge is -2.21. The van der Waals surface area contributed by atoms with E-state index in [-0.39, 0.29) is 11.1 Å². The Morgan fingerprint density at radius 3 is 2.28 bits per heavy atom. The minimum Gasteiger partial charge on any atom is -0.479 e. The number of carbonyl (C=O) groups excluding carboxylic acids is 1. The Labute approximate surface area is 105 Å². The van der Waals surface area contributed by atoms with Gasteiger partial charge in [0, 0.05) is 5.56 Å². The number of aliphatic carboxylic acids is 1. The summed E-state index contributed by atoms with van der Waals surface area (Å²) in [6.07, 6.45) is -1.74. The summed E-state index contributed by atoms with van der Waals surface area (Å²) < 4.78 is 5.15. The molecule has 2 N–H and O–H groups in total. The van der Waals surface area contributed by atoms with Gasteiger partial charge in [0.15, 0.2) is 6.10 Å². The molecule has 18 heavy (non-hydrogen) atoms. The monoisotopic (exact) mass is 252 g/mol. The lowest BCUT2D eigenvalue weighted by atomic mass is 10.0. The van der Waals surface area contributed by atoms with Crippen molar-refractivity contribution in [2.75, 3.05) is 0 Å². The van der Waals surface area contributed by atoms with Crippen molar-refractivity contribution in [2.24, 2.45) is 0 Å². The standard InChI is InChI=1S/C13H16O5/c1-13(2,3)18-12(17)9-7-5-4-6-8(9)10(14)11(15)16/h4-7,10,14H,1-3H3,(H,15,16). The topological polar surface area (TPSA) is 83.8 Å². The van der Waals surface area contributed by atoms with E-state index in [0.717, 1.165) is 0 Å². The molecular weight excluding hydrogens is 236 g/mol. The molecule has 5 heteroatoms. The van der Waals surface area contributed by atoms with E-state index >= 15 is 0 Å². The van der Waals surface area contributed by atoms with Crippen molar-refractivity contribution < 1.29 is 24.5 Å². The van der Waals surface area contributed by atoms with E-state index in [1.54, 1.807) is 32.9 Å². The number of ether oxygens (including phenoxy) is 1. The molecule has 0 aliphatic rings. The van der Waals surface area contributed by atoms with E-state index in [1.165, 1.54) is 12.1 Å². The zero-order valence-electron chi connectivity index (χ0n) is 10.5. The average Bonchev–Trinajstić information content (AvgIpc) is 2.25. The number of aliphatic hydroxyl groups excluding tert-OH is 1. The van der Waals surface area contributed by atoms with Crippen molar-refractivity contribution >= 4 is 11.9 Å². The van der Waals surface area contributed by atoms with Crippen LogP contribution in [0, 0.1) is 0 Å². The highest BCUT2D eigenvalue weighted by Gasteiger charge is 2.25. The Morgan fingerprint density at radius 1 is 1.22 bits per heavy atom. The quantitative estimate of drug-likeness (QED) is 0.801. The summed E-state index contributed by atoms with van der Waals surface area (Å²) in [6, 6.07) is 5.94. The van der Waals surface area contributed by atoms with Crippen LogP contribution in [0.25, 0.3) is 0 Å². The Morgan fingerprint density at radius 2 is 1.78 bits per heavy atom. The van der Waals surface area contributed by atoms with Crippen molar-refractivity contribution in [1.29, 1.82) is 0 Å². The number of carboxylic acid groups (broad SMARTS) is 1. The third-order valence-corrected chi connectivity index (χ3v) is 2.11. The zero-order valence-corrected chi connectivity index (χ0v) is 10.5. The fourth-order valence-corrected chi connectivity index (χ4v) is 1.39. The third kappa shape index (κ3) is 3.56.